The Morgan fingerprint density at radius 1 is 1.11 bits per heavy atom. The van der Waals surface area contributed by atoms with E-state index in [0.29, 0.717) is 23.5 Å². The molecule has 4 rings (SSSR count). The second kappa shape index (κ2) is 7.33. The van der Waals surface area contributed by atoms with Crippen LogP contribution in [0.2, 0.25) is 0 Å². The monoisotopic (exact) mass is 362 g/mol. The van der Waals surface area contributed by atoms with Crippen molar-refractivity contribution in [1.29, 1.82) is 0 Å². The van der Waals surface area contributed by atoms with Gasteiger partial charge in [-0.2, -0.15) is 0 Å². The van der Waals surface area contributed by atoms with Crippen molar-refractivity contribution in [3.8, 4) is 11.3 Å². The molecule has 0 bridgehead atoms. The van der Waals surface area contributed by atoms with Crippen molar-refractivity contribution in [3.63, 3.8) is 0 Å². The number of aryl methyl sites for hydroxylation is 1. The van der Waals surface area contributed by atoms with Gasteiger partial charge in [0.25, 0.3) is 0 Å². The molecule has 136 valence electrons. The molecule has 0 fully saturated rings. The smallest absolute Gasteiger partial charge is 0.408 e. The summed E-state index contributed by atoms with van der Waals surface area (Å²) in [4.78, 5) is 31.5. The predicted octanol–water partition coefficient (Wildman–Crippen LogP) is 2.69. The molecule has 1 amide bonds. The van der Waals surface area contributed by atoms with Gasteiger partial charge in [0, 0.05) is 13.0 Å². The van der Waals surface area contributed by atoms with Crippen molar-refractivity contribution in [1.82, 2.24) is 19.9 Å². The van der Waals surface area contributed by atoms with Crippen molar-refractivity contribution in [2.75, 3.05) is 0 Å². The summed E-state index contributed by atoms with van der Waals surface area (Å²) in [6, 6.07) is 17.0. The van der Waals surface area contributed by atoms with E-state index in [4.69, 9.17) is 4.42 Å². The van der Waals surface area contributed by atoms with Crippen LogP contribution in [0.4, 0.5) is 0 Å². The highest BCUT2D eigenvalue weighted by Gasteiger charge is 2.11. The zero-order chi connectivity index (χ0) is 18.6. The minimum absolute atomic E-state index is 0.162. The SMILES string of the molecule is O=C(CCn1c(=O)oc2ccccc21)NCc1ncc(-c2ccccc2)[nH]1. The Morgan fingerprint density at radius 3 is 2.74 bits per heavy atom. The lowest BCUT2D eigenvalue weighted by Crippen LogP contribution is -2.26. The van der Waals surface area contributed by atoms with Crippen molar-refractivity contribution >= 4 is 17.0 Å². The Hall–Kier alpha value is -3.61. The number of para-hydroxylation sites is 2. The van der Waals surface area contributed by atoms with E-state index in [-0.39, 0.29) is 18.9 Å². The van der Waals surface area contributed by atoms with Gasteiger partial charge in [0.2, 0.25) is 5.91 Å². The molecule has 0 aliphatic rings. The minimum Gasteiger partial charge on any atom is -0.408 e. The Labute approximate surface area is 154 Å². The molecule has 0 atom stereocenters. The van der Waals surface area contributed by atoms with E-state index in [1.54, 1.807) is 24.4 Å². The fraction of sp³-hybridized carbons (Fsp3) is 0.150. The Morgan fingerprint density at radius 2 is 1.89 bits per heavy atom. The molecule has 0 aliphatic carbocycles. The number of carbonyl (C=O) groups excluding carboxylic acids is 1. The van der Waals surface area contributed by atoms with E-state index in [1.165, 1.54) is 4.57 Å². The molecular formula is C20H18N4O3. The summed E-state index contributed by atoms with van der Waals surface area (Å²) in [6.07, 6.45) is 1.92. The maximum atomic E-state index is 12.1. The van der Waals surface area contributed by atoms with Gasteiger partial charge in [-0.25, -0.2) is 9.78 Å². The summed E-state index contributed by atoms with van der Waals surface area (Å²) >= 11 is 0. The number of fused-ring (bicyclic) bond motifs is 1. The first-order valence-electron chi connectivity index (χ1n) is 8.65. The molecule has 4 aromatic rings. The first-order chi connectivity index (χ1) is 13.2. The van der Waals surface area contributed by atoms with Gasteiger partial charge >= 0.3 is 5.76 Å². The standard InChI is InChI=1S/C20H18N4O3/c25-19(10-11-24-16-8-4-5-9-17(16)27-20(24)26)22-13-18-21-12-15(23-18)14-6-2-1-3-7-14/h1-9,12H,10-11,13H2,(H,21,23)(H,22,25). The van der Waals surface area contributed by atoms with Gasteiger partial charge in [-0.3, -0.25) is 9.36 Å². The van der Waals surface area contributed by atoms with E-state index in [1.807, 2.05) is 36.4 Å². The quantitative estimate of drug-likeness (QED) is 0.551. The lowest BCUT2D eigenvalue weighted by Gasteiger charge is -2.04. The Bertz CT molecular complexity index is 1120. The number of hydrogen-bond donors (Lipinski definition) is 2. The summed E-state index contributed by atoms with van der Waals surface area (Å²) < 4.78 is 6.63. The number of amides is 1. The molecule has 0 saturated heterocycles. The number of oxazole rings is 1. The van der Waals surface area contributed by atoms with Crippen LogP contribution < -0.4 is 11.1 Å². The number of nitrogens with one attached hydrogen (secondary N) is 2. The average molecular weight is 362 g/mol. The van der Waals surface area contributed by atoms with Gasteiger partial charge in [0.1, 0.15) is 5.82 Å². The second-order valence-corrected chi connectivity index (χ2v) is 6.12. The fourth-order valence-corrected chi connectivity index (χ4v) is 2.93. The van der Waals surface area contributed by atoms with Crippen LogP contribution in [0.1, 0.15) is 12.2 Å². The van der Waals surface area contributed by atoms with Crippen LogP contribution in [0, 0.1) is 0 Å². The molecule has 2 heterocycles. The van der Waals surface area contributed by atoms with E-state index >= 15 is 0 Å². The number of rotatable bonds is 6. The van der Waals surface area contributed by atoms with E-state index in [2.05, 4.69) is 15.3 Å². The lowest BCUT2D eigenvalue weighted by atomic mass is 10.2. The molecule has 0 spiro atoms. The topological polar surface area (TPSA) is 92.9 Å². The highest BCUT2D eigenvalue weighted by molar-refractivity contribution is 5.76. The molecular weight excluding hydrogens is 344 g/mol. The predicted molar refractivity (Wildman–Crippen MR) is 101 cm³/mol. The van der Waals surface area contributed by atoms with E-state index in [9.17, 15) is 9.59 Å². The van der Waals surface area contributed by atoms with Gasteiger partial charge in [0.05, 0.1) is 24.0 Å². The third-order valence-electron chi connectivity index (χ3n) is 4.30. The van der Waals surface area contributed by atoms with E-state index in [0.717, 1.165) is 11.3 Å². The summed E-state index contributed by atoms with van der Waals surface area (Å²) in [6.45, 7) is 0.557. The van der Waals surface area contributed by atoms with Gasteiger partial charge < -0.3 is 14.7 Å². The molecule has 7 heteroatoms. The van der Waals surface area contributed by atoms with Gasteiger partial charge in [-0.05, 0) is 17.7 Å². The molecule has 0 unspecified atom stereocenters. The summed E-state index contributed by atoms with van der Waals surface area (Å²) in [5, 5.41) is 2.82. The van der Waals surface area contributed by atoms with Crippen LogP contribution in [0.25, 0.3) is 22.4 Å². The van der Waals surface area contributed by atoms with Crippen LogP contribution in [0.3, 0.4) is 0 Å². The number of hydrogen-bond acceptors (Lipinski definition) is 4. The number of carbonyl (C=O) groups is 1. The average Bonchev–Trinajstić information content (AvgIpc) is 3.29. The highest BCUT2D eigenvalue weighted by Crippen LogP contribution is 2.16. The van der Waals surface area contributed by atoms with Crippen LogP contribution in [0.5, 0.6) is 0 Å². The van der Waals surface area contributed by atoms with Gasteiger partial charge in [-0.1, -0.05) is 42.5 Å². The molecule has 2 aromatic heterocycles. The van der Waals surface area contributed by atoms with Gasteiger partial charge in [-0.15, -0.1) is 0 Å². The largest absolute Gasteiger partial charge is 0.419 e. The summed E-state index contributed by atoms with van der Waals surface area (Å²) in [5.41, 5.74) is 3.14. The van der Waals surface area contributed by atoms with Gasteiger partial charge in [0.15, 0.2) is 5.58 Å². The van der Waals surface area contributed by atoms with Crippen LogP contribution in [-0.4, -0.2) is 20.4 Å². The van der Waals surface area contributed by atoms with Crippen molar-refractivity contribution < 1.29 is 9.21 Å². The molecule has 0 radical (unpaired) electrons. The molecule has 2 aromatic carbocycles. The fourth-order valence-electron chi connectivity index (χ4n) is 2.93. The molecule has 0 saturated carbocycles. The minimum atomic E-state index is -0.456. The first kappa shape index (κ1) is 16.8. The maximum Gasteiger partial charge on any atom is 0.419 e. The van der Waals surface area contributed by atoms with Crippen molar-refractivity contribution in [3.05, 3.63) is 77.2 Å². The number of imidazole rings is 1. The Balaban J connectivity index is 1.34. The molecule has 2 N–H and O–H groups in total. The second-order valence-electron chi connectivity index (χ2n) is 6.12. The highest BCUT2D eigenvalue weighted by atomic mass is 16.4. The van der Waals surface area contributed by atoms with Crippen molar-refractivity contribution in [2.24, 2.45) is 0 Å². The third kappa shape index (κ3) is 3.67. The molecule has 0 aliphatic heterocycles. The lowest BCUT2D eigenvalue weighted by molar-refractivity contribution is -0.121. The Kier molecular flexibility index (Phi) is 4.57. The maximum absolute atomic E-state index is 12.1. The van der Waals surface area contributed by atoms with E-state index < -0.39 is 5.76 Å². The molecule has 27 heavy (non-hydrogen) atoms. The zero-order valence-corrected chi connectivity index (χ0v) is 14.5. The third-order valence-corrected chi connectivity index (χ3v) is 4.30. The molecule has 7 nitrogen and oxygen atoms in total. The number of aromatic amines is 1. The van der Waals surface area contributed by atoms with Crippen molar-refractivity contribution in [2.45, 2.75) is 19.5 Å². The number of H-pyrrole nitrogens is 1. The van der Waals surface area contributed by atoms with Crippen LogP contribution >= 0.6 is 0 Å². The summed E-state index contributed by atoms with van der Waals surface area (Å²) in [7, 11) is 0. The first-order valence-corrected chi connectivity index (χ1v) is 8.65. The number of aromatic nitrogens is 3. The van der Waals surface area contributed by atoms with Crippen LogP contribution in [-0.2, 0) is 17.9 Å². The normalized spacial score (nSPS) is 11.0. The zero-order valence-electron chi connectivity index (χ0n) is 14.5. The number of nitrogens with zero attached hydrogens (tertiary/aromatic N) is 2. The van der Waals surface area contributed by atoms with Crippen LogP contribution in [0.15, 0.2) is 70.0 Å². The number of benzene rings is 2. The summed E-state index contributed by atoms with van der Waals surface area (Å²) in [5.74, 6) is 0.0560.